The number of pyridine rings is 1. The van der Waals surface area contributed by atoms with E-state index in [0.29, 0.717) is 25.2 Å². The van der Waals surface area contributed by atoms with E-state index in [-0.39, 0.29) is 10.8 Å². The van der Waals surface area contributed by atoms with Crippen molar-refractivity contribution in [3.8, 4) is 0 Å². The Bertz CT molecular complexity index is 1120. The Labute approximate surface area is 171 Å². The Hall–Kier alpha value is -2.77. The number of aromatic nitrogens is 1. The number of nitrogens with one attached hydrogen (secondary N) is 1. The number of sulfonamides is 1. The van der Waals surface area contributed by atoms with Gasteiger partial charge in [-0.15, -0.1) is 0 Å². The van der Waals surface area contributed by atoms with Gasteiger partial charge < -0.3 is 5.32 Å². The van der Waals surface area contributed by atoms with Crippen LogP contribution >= 0.6 is 0 Å². The monoisotopic (exact) mass is 411 g/mol. The van der Waals surface area contributed by atoms with Crippen molar-refractivity contribution < 1.29 is 13.2 Å². The molecule has 0 saturated carbocycles. The number of hydrogen-bond acceptors (Lipinski definition) is 4. The summed E-state index contributed by atoms with van der Waals surface area (Å²) in [4.78, 5) is 17.4. The highest BCUT2D eigenvalue weighted by Gasteiger charge is 2.21. The van der Waals surface area contributed by atoms with Crippen LogP contribution in [0.1, 0.15) is 35.5 Å². The normalized spacial score (nSPS) is 11.7. The van der Waals surface area contributed by atoms with Crippen LogP contribution in [0.4, 0.5) is 0 Å². The quantitative estimate of drug-likeness (QED) is 0.645. The molecule has 0 atom stereocenters. The smallest absolute Gasteiger partial charge is 0.252 e. The van der Waals surface area contributed by atoms with Crippen LogP contribution in [0.3, 0.4) is 0 Å². The number of rotatable bonds is 7. The Morgan fingerprint density at radius 3 is 2.34 bits per heavy atom. The van der Waals surface area contributed by atoms with Gasteiger partial charge in [-0.25, -0.2) is 8.42 Å². The van der Waals surface area contributed by atoms with Crippen molar-refractivity contribution in [2.45, 2.75) is 32.2 Å². The number of carbonyl (C=O) groups is 1. The van der Waals surface area contributed by atoms with E-state index in [4.69, 9.17) is 0 Å². The molecule has 3 rings (SSSR count). The first-order chi connectivity index (χ1) is 13.9. The maximum atomic E-state index is 12.7. The number of fused-ring (bicyclic) bond motifs is 1. The number of aryl methyl sites for hydroxylation is 1. The molecule has 0 unspecified atom stereocenters. The SMILES string of the molecule is CCN(CC)S(=O)(=O)c1ccc(CNC(=O)c2cc(C)nc3ccccc23)cc1. The zero-order valence-electron chi connectivity index (χ0n) is 16.8. The molecule has 152 valence electrons. The lowest BCUT2D eigenvalue weighted by atomic mass is 10.1. The predicted molar refractivity (Wildman–Crippen MR) is 114 cm³/mol. The van der Waals surface area contributed by atoms with E-state index in [9.17, 15) is 13.2 Å². The Kier molecular flexibility index (Phi) is 6.30. The second kappa shape index (κ2) is 8.71. The highest BCUT2D eigenvalue weighted by Crippen LogP contribution is 2.19. The fourth-order valence-electron chi connectivity index (χ4n) is 3.27. The van der Waals surface area contributed by atoms with Gasteiger partial charge in [-0.05, 0) is 36.8 Å². The summed E-state index contributed by atoms with van der Waals surface area (Å²) in [6.45, 7) is 6.65. The molecule has 0 fully saturated rings. The molecule has 3 aromatic rings. The van der Waals surface area contributed by atoms with Gasteiger partial charge in [0.2, 0.25) is 10.0 Å². The van der Waals surface area contributed by atoms with Crippen LogP contribution in [-0.2, 0) is 16.6 Å². The fraction of sp³-hybridized carbons (Fsp3) is 0.273. The third-order valence-electron chi connectivity index (χ3n) is 4.81. The Balaban J connectivity index is 1.75. The summed E-state index contributed by atoms with van der Waals surface area (Å²) in [5, 5.41) is 3.71. The van der Waals surface area contributed by atoms with Crippen LogP contribution in [0.25, 0.3) is 10.9 Å². The molecule has 7 heteroatoms. The zero-order chi connectivity index (χ0) is 21.0. The summed E-state index contributed by atoms with van der Waals surface area (Å²) in [5.41, 5.74) is 2.96. The maximum Gasteiger partial charge on any atom is 0.252 e. The number of benzene rings is 2. The first-order valence-corrected chi connectivity index (χ1v) is 11.0. The summed E-state index contributed by atoms with van der Waals surface area (Å²) >= 11 is 0. The van der Waals surface area contributed by atoms with Crippen molar-refractivity contribution in [3.05, 3.63) is 71.4 Å². The lowest BCUT2D eigenvalue weighted by Crippen LogP contribution is -2.30. The van der Waals surface area contributed by atoms with Gasteiger partial charge in [-0.3, -0.25) is 9.78 Å². The van der Waals surface area contributed by atoms with E-state index in [1.807, 2.05) is 45.0 Å². The third kappa shape index (κ3) is 4.46. The second-order valence-electron chi connectivity index (χ2n) is 6.74. The van der Waals surface area contributed by atoms with Crippen molar-refractivity contribution in [1.82, 2.24) is 14.6 Å². The zero-order valence-corrected chi connectivity index (χ0v) is 17.7. The van der Waals surface area contributed by atoms with Crippen LogP contribution < -0.4 is 5.32 Å². The molecule has 0 bridgehead atoms. The van der Waals surface area contributed by atoms with Crippen LogP contribution in [0.5, 0.6) is 0 Å². The fourth-order valence-corrected chi connectivity index (χ4v) is 4.72. The molecule has 0 aliphatic heterocycles. The molecule has 0 aliphatic rings. The van der Waals surface area contributed by atoms with E-state index < -0.39 is 10.0 Å². The standard InChI is InChI=1S/C22H25N3O3S/c1-4-25(5-2)29(27,28)18-12-10-17(11-13-18)15-23-22(26)20-14-16(3)24-21-9-7-6-8-19(20)21/h6-14H,4-5,15H2,1-3H3,(H,23,26). The molecule has 0 radical (unpaired) electrons. The van der Waals surface area contributed by atoms with Crippen LogP contribution in [0.15, 0.2) is 59.5 Å². The van der Waals surface area contributed by atoms with E-state index in [1.165, 1.54) is 4.31 Å². The molecular weight excluding hydrogens is 386 g/mol. The number of para-hydroxylation sites is 1. The van der Waals surface area contributed by atoms with Gasteiger partial charge in [0.15, 0.2) is 0 Å². The molecule has 0 spiro atoms. The Morgan fingerprint density at radius 2 is 1.69 bits per heavy atom. The number of nitrogens with zero attached hydrogens (tertiary/aromatic N) is 2. The summed E-state index contributed by atoms with van der Waals surface area (Å²) in [7, 11) is -3.48. The average Bonchev–Trinajstić information content (AvgIpc) is 2.72. The van der Waals surface area contributed by atoms with E-state index in [0.717, 1.165) is 22.2 Å². The molecule has 6 nitrogen and oxygen atoms in total. The summed E-state index contributed by atoms with van der Waals surface area (Å²) in [6.07, 6.45) is 0. The van der Waals surface area contributed by atoms with E-state index >= 15 is 0 Å². The molecule has 1 heterocycles. The van der Waals surface area contributed by atoms with Gasteiger partial charge in [0.25, 0.3) is 5.91 Å². The highest BCUT2D eigenvalue weighted by atomic mass is 32.2. The third-order valence-corrected chi connectivity index (χ3v) is 6.87. The van der Waals surface area contributed by atoms with Gasteiger partial charge >= 0.3 is 0 Å². The molecule has 1 amide bonds. The minimum Gasteiger partial charge on any atom is -0.348 e. The first kappa shape index (κ1) is 21.0. The molecular formula is C22H25N3O3S. The van der Waals surface area contributed by atoms with Crippen molar-refractivity contribution in [2.75, 3.05) is 13.1 Å². The largest absolute Gasteiger partial charge is 0.348 e. The molecule has 1 N–H and O–H groups in total. The van der Waals surface area contributed by atoms with Crippen LogP contribution in [0, 0.1) is 6.92 Å². The minimum atomic E-state index is -3.48. The first-order valence-electron chi connectivity index (χ1n) is 9.60. The van der Waals surface area contributed by atoms with E-state index in [2.05, 4.69) is 10.3 Å². The minimum absolute atomic E-state index is 0.188. The van der Waals surface area contributed by atoms with Crippen molar-refractivity contribution in [3.63, 3.8) is 0 Å². The average molecular weight is 412 g/mol. The van der Waals surface area contributed by atoms with Crippen molar-refractivity contribution in [1.29, 1.82) is 0 Å². The van der Waals surface area contributed by atoms with Crippen LogP contribution in [-0.4, -0.2) is 36.7 Å². The number of carbonyl (C=O) groups excluding carboxylic acids is 1. The highest BCUT2D eigenvalue weighted by molar-refractivity contribution is 7.89. The van der Waals surface area contributed by atoms with Crippen molar-refractivity contribution >= 4 is 26.8 Å². The predicted octanol–water partition coefficient (Wildman–Crippen LogP) is 3.50. The molecule has 0 aliphatic carbocycles. The van der Waals surface area contributed by atoms with Gasteiger partial charge in [-0.1, -0.05) is 44.2 Å². The van der Waals surface area contributed by atoms with Gasteiger partial charge in [0, 0.05) is 30.7 Å². The van der Waals surface area contributed by atoms with Crippen LogP contribution in [0.2, 0.25) is 0 Å². The van der Waals surface area contributed by atoms with Gasteiger partial charge in [0.05, 0.1) is 16.0 Å². The summed E-state index contributed by atoms with van der Waals surface area (Å²) in [5.74, 6) is -0.188. The summed E-state index contributed by atoms with van der Waals surface area (Å²) in [6, 6.07) is 15.9. The van der Waals surface area contributed by atoms with Gasteiger partial charge in [0.1, 0.15) is 0 Å². The number of hydrogen-bond donors (Lipinski definition) is 1. The summed E-state index contributed by atoms with van der Waals surface area (Å²) < 4.78 is 26.5. The maximum absolute atomic E-state index is 12.7. The van der Waals surface area contributed by atoms with E-state index in [1.54, 1.807) is 30.3 Å². The Morgan fingerprint density at radius 1 is 1.03 bits per heavy atom. The lowest BCUT2D eigenvalue weighted by molar-refractivity contribution is 0.0952. The van der Waals surface area contributed by atoms with Crippen molar-refractivity contribution in [2.24, 2.45) is 0 Å². The molecule has 1 aromatic heterocycles. The number of amides is 1. The molecule has 0 saturated heterocycles. The van der Waals surface area contributed by atoms with Gasteiger partial charge in [-0.2, -0.15) is 4.31 Å². The second-order valence-corrected chi connectivity index (χ2v) is 8.68. The molecule has 2 aromatic carbocycles. The lowest BCUT2D eigenvalue weighted by Gasteiger charge is -2.18. The molecule has 29 heavy (non-hydrogen) atoms. The topological polar surface area (TPSA) is 79.4 Å².